The fourth-order valence-corrected chi connectivity index (χ4v) is 0.247. The van der Waals surface area contributed by atoms with Gasteiger partial charge >= 0.3 is 16.5 Å². The molecular weight excluding hydrogens is 267 g/mol. The van der Waals surface area contributed by atoms with Gasteiger partial charge in [-0.3, -0.25) is 0 Å². The summed E-state index contributed by atoms with van der Waals surface area (Å²) in [6.45, 7) is 10.3. The molecule has 7 heteroatoms. The molecule has 5 N–H and O–H groups in total. The predicted octanol–water partition coefficient (Wildman–Crippen LogP) is 1.25. The van der Waals surface area contributed by atoms with Crippen molar-refractivity contribution in [1.29, 1.82) is 0 Å². The van der Waals surface area contributed by atoms with E-state index in [9.17, 15) is 5.21 Å². The Morgan fingerprint density at radius 2 is 1.29 bits per heavy atom. The molecule has 0 saturated heterocycles. The van der Waals surface area contributed by atoms with Crippen molar-refractivity contribution in [2.75, 3.05) is 0 Å². The molecule has 0 aliphatic rings. The molecular formula is C10H23N4NiO2+2. The Morgan fingerprint density at radius 3 is 1.29 bits per heavy atom. The molecule has 0 fully saturated rings. The fraction of sp³-hybridized carbons (Fsp3) is 0.800. The van der Waals surface area contributed by atoms with E-state index in [2.05, 4.69) is 10.3 Å². The standard InChI is InChI=1S/2C5H12N2O.Ni/c2*1-4(7-8)5(2,3)6;/h2*8H,6H2,1-3H3;/q;;+3/p-1. The van der Waals surface area contributed by atoms with Gasteiger partial charge in [0.2, 0.25) is 0 Å². The molecule has 6 nitrogen and oxygen atoms in total. The second kappa shape index (κ2) is 8.45. The Balaban J connectivity index is -0.000000218. The maximum Gasteiger partial charge on any atom is 3.00 e. The summed E-state index contributed by atoms with van der Waals surface area (Å²) >= 11 is 0. The first-order valence-corrected chi connectivity index (χ1v) is 4.91. The summed E-state index contributed by atoms with van der Waals surface area (Å²) in [5.41, 5.74) is 10.9. The van der Waals surface area contributed by atoms with Crippen molar-refractivity contribution in [3.05, 3.63) is 5.21 Å². The molecule has 0 spiro atoms. The molecule has 0 aliphatic heterocycles. The van der Waals surface area contributed by atoms with Crippen LogP contribution in [0.4, 0.5) is 0 Å². The summed E-state index contributed by atoms with van der Waals surface area (Å²) in [6.07, 6.45) is 0. The number of rotatable bonds is 2. The molecule has 0 bridgehead atoms. The Kier molecular flexibility index (Phi) is 10.7. The van der Waals surface area contributed by atoms with Crippen LogP contribution < -0.4 is 11.5 Å². The first kappa shape index (κ1) is 21.6. The van der Waals surface area contributed by atoms with Crippen LogP contribution in [0, 0.1) is 5.21 Å². The van der Waals surface area contributed by atoms with Crippen LogP contribution in [0.1, 0.15) is 41.5 Å². The van der Waals surface area contributed by atoms with Crippen molar-refractivity contribution in [2.24, 2.45) is 21.8 Å². The van der Waals surface area contributed by atoms with Crippen molar-refractivity contribution >= 4 is 11.4 Å². The fourth-order valence-electron chi connectivity index (χ4n) is 0.247. The molecule has 17 heavy (non-hydrogen) atoms. The SMILES string of the molecule is CC(=NO)C(C)(C)N.CC(=N[O-])C(C)(C)N.[Ni+3]. The van der Waals surface area contributed by atoms with Crippen LogP contribution in [0.3, 0.4) is 0 Å². The molecule has 0 heterocycles. The summed E-state index contributed by atoms with van der Waals surface area (Å²) in [6, 6.07) is 0. The zero-order valence-corrected chi connectivity index (χ0v) is 12.2. The normalized spacial score (nSPS) is 13.4. The monoisotopic (exact) mass is 289 g/mol. The largest absolute Gasteiger partial charge is 3.00 e. The zero-order valence-electron chi connectivity index (χ0n) is 11.2. The van der Waals surface area contributed by atoms with E-state index in [0.29, 0.717) is 11.4 Å². The van der Waals surface area contributed by atoms with Gasteiger partial charge in [-0.15, -0.1) is 0 Å². The molecule has 103 valence electrons. The van der Waals surface area contributed by atoms with Crippen LogP contribution in [-0.2, 0) is 16.5 Å². The Hall–Kier alpha value is -0.646. The van der Waals surface area contributed by atoms with Gasteiger partial charge in [0.15, 0.2) is 0 Å². The van der Waals surface area contributed by atoms with Gasteiger partial charge in [-0.25, -0.2) is 0 Å². The van der Waals surface area contributed by atoms with E-state index in [4.69, 9.17) is 16.7 Å². The minimum atomic E-state index is -0.554. The maximum absolute atomic E-state index is 9.78. The van der Waals surface area contributed by atoms with Crippen LogP contribution >= 0.6 is 0 Å². The van der Waals surface area contributed by atoms with Gasteiger partial charge in [0.05, 0.1) is 11.3 Å². The summed E-state index contributed by atoms with van der Waals surface area (Å²) in [4.78, 5) is 0. The van der Waals surface area contributed by atoms with Crippen molar-refractivity contribution in [1.82, 2.24) is 0 Å². The van der Waals surface area contributed by atoms with Crippen LogP contribution in [0.2, 0.25) is 0 Å². The van der Waals surface area contributed by atoms with Crippen molar-refractivity contribution < 1.29 is 21.7 Å². The smallest absolute Gasteiger partial charge is 0.792 e. The van der Waals surface area contributed by atoms with Crippen LogP contribution in [0.5, 0.6) is 0 Å². The molecule has 0 amide bonds. The van der Waals surface area contributed by atoms with Crippen molar-refractivity contribution in [2.45, 2.75) is 52.6 Å². The number of nitrogens with zero attached hydrogens (tertiary/aromatic N) is 2. The van der Waals surface area contributed by atoms with Gasteiger partial charge in [0.1, 0.15) is 0 Å². The molecule has 0 rings (SSSR count). The van der Waals surface area contributed by atoms with E-state index in [1.165, 1.54) is 0 Å². The number of oxime groups is 1. The van der Waals surface area contributed by atoms with Gasteiger partial charge in [0, 0.05) is 11.3 Å². The topological polar surface area (TPSA) is 120 Å². The minimum absolute atomic E-state index is 0. The van der Waals surface area contributed by atoms with Crippen LogP contribution in [-0.4, -0.2) is 27.7 Å². The molecule has 0 aromatic carbocycles. The van der Waals surface area contributed by atoms with Gasteiger partial charge in [-0.1, -0.05) is 5.16 Å². The predicted molar refractivity (Wildman–Crippen MR) is 67.9 cm³/mol. The van der Waals surface area contributed by atoms with E-state index in [1.807, 2.05) is 0 Å². The first-order chi connectivity index (χ1) is 6.96. The third-order valence-corrected chi connectivity index (χ3v) is 2.15. The van der Waals surface area contributed by atoms with Crippen LogP contribution in [0.15, 0.2) is 10.3 Å². The van der Waals surface area contributed by atoms with Crippen molar-refractivity contribution in [3.8, 4) is 0 Å². The average molecular weight is 290 g/mol. The average Bonchev–Trinajstić information content (AvgIpc) is 2.13. The maximum atomic E-state index is 9.78. The Bertz CT molecular complexity index is 236. The second-order valence-electron chi connectivity index (χ2n) is 4.81. The third kappa shape index (κ3) is 11.6. The molecule has 0 aromatic rings. The van der Waals surface area contributed by atoms with Gasteiger partial charge in [0.25, 0.3) is 0 Å². The number of hydrogen-bond acceptors (Lipinski definition) is 6. The molecule has 0 aliphatic carbocycles. The van der Waals surface area contributed by atoms with E-state index in [-0.39, 0.29) is 16.5 Å². The molecule has 0 atom stereocenters. The van der Waals surface area contributed by atoms with Crippen molar-refractivity contribution in [3.63, 3.8) is 0 Å². The zero-order chi connectivity index (χ0) is 13.6. The molecule has 0 saturated carbocycles. The quantitative estimate of drug-likeness (QED) is 0.307. The third-order valence-electron chi connectivity index (χ3n) is 2.15. The summed E-state index contributed by atoms with van der Waals surface area (Å²) < 4.78 is 0. The summed E-state index contributed by atoms with van der Waals surface area (Å²) in [7, 11) is 0. The van der Waals surface area contributed by atoms with Gasteiger partial charge < -0.3 is 27.0 Å². The van der Waals surface area contributed by atoms with E-state index < -0.39 is 11.1 Å². The first-order valence-electron chi connectivity index (χ1n) is 4.91. The van der Waals surface area contributed by atoms with Crippen LogP contribution in [0.25, 0.3) is 0 Å². The summed E-state index contributed by atoms with van der Waals surface area (Å²) in [5.74, 6) is 0. The minimum Gasteiger partial charge on any atom is -0.792 e. The number of hydrogen-bond donors (Lipinski definition) is 3. The summed E-state index contributed by atoms with van der Waals surface area (Å²) in [5, 5.41) is 23.6. The van der Waals surface area contributed by atoms with Gasteiger partial charge in [-0.2, -0.15) is 0 Å². The van der Waals surface area contributed by atoms with Gasteiger partial charge in [-0.05, 0) is 41.5 Å². The molecule has 0 aromatic heterocycles. The van der Waals surface area contributed by atoms with E-state index >= 15 is 0 Å². The second-order valence-corrected chi connectivity index (χ2v) is 4.81. The van der Waals surface area contributed by atoms with E-state index in [1.54, 1.807) is 41.5 Å². The molecule has 1 radical (unpaired) electrons. The molecule has 0 unspecified atom stereocenters. The Morgan fingerprint density at radius 1 is 1.00 bits per heavy atom. The van der Waals surface area contributed by atoms with E-state index in [0.717, 1.165) is 0 Å². The number of nitrogens with two attached hydrogens (primary N) is 2. The Labute approximate surface area is 113 Å².